The van der Waals surface area contributed by atoms with Gasteiger partial charge in [-0.2, -0.15) is 0 Å². The highest BCUT2D eigenvalue weighted by Gasteiger charge is 2.09. The molecule has 0 aliphatic heterocycles. The van der Waals surface area contributed by atoms with Gasteiger partial charge in [-0.1, -0.05) is 0 Å². The van der Waals surface area contributed by atoms with Crippen LogP contribution in [0.25, 0.3) is 10.9 Å². The highest BCUT2D eigenvalue weighted by atomic mass is 19.1. The summed E-state index contributed by atoms with van der Waals surface area (Å²) in [5.41, 5.74) is 1.55. The van der Waals surface area contributed by atoms with E-state index in [1.807, 2.05) is 7.05 Å². The van der Waals surface area contributed by atoms with Crippen LogP contribution in [0.2, 0.25) is 0 Å². The first kappa shape index (κ1) is 9.71. The number of fused-ring (bicyclic) bond motifs is 1. The van der Waals surface area contributed by atoms with Crippen molar-refractivity contribution < 1.29 is 14.3 Å². The van der Waals surface area contributed by atoms with Gasteiger partial charge in [-0.25, -0.2) is 9.18 Å². The molecule has 0 amide bonds. The summed E-state index contributed by atoms with van der Waals surface area (Å²) in [5, 5.41) is 9.48. The van der Waals surface area contributed by atoms with Crippen molar-refractivity contribution in [2.24, 2.45) is 7.05 Å². The van der Waals surface area contributed by atoms with Gasteiger partial charge in [-0.15, -0.1) is 0 Å². The number of nitrogens with zero attached hydrogens (tertiary/aromatic N) is 1. The molecule has 0 bridgehead atoms. The molecule has 78 valence electrons. The fourth-order valence-corrected chi connectivity index (χ4v) is 1.71. The molecule has 1 heterocycles. The van der Waals surface area contributed by atoms with Crippen molar-refractivity contribution in [1.29, 1.82) is 0 Å². The normalized spacial score (nSPS) is 10.8. The minimum atomic E-state index is -0.995. The second-order valence-corrected chi connectivity index (χ2v) is 3.44. The molecule has 0 atom stereocenters. The van der Waals surface area contributed by atoms with Crippen LogP contribution in [0.3, 0.4) is 0 Å². The van der Waals surface area contributed by atoms with Gasteiger partial charge in [0.15, 0.2) is 0 Å². The summed E-state index contributed by atoms with van der Waals surface area (Å²) in [6.45, 7) is -0.583. The Labute approximate surface area is 85.7 Å². The number of rotatable bonds is 2. The van der Waals surface area contributed by atoms with Gasteiger partial charge < -0.3 is 9.67 Å². The lowest BCUT2D eigenvalue weighted by Crippen LogP contribution is -1.95. The Morgan fingerprint density at radius 2 is 2.27 bits per heavy atom. The number of carbonyl (C=O) groups is 1. The molecule has 3 nitrogen and oxygen atoms in total. The predicted octanol–water partition coefficient (Wildman–Crippen LogP) is 2.35. The molecule has 4 heteroatoms. The molecule has 0 radical (unpaired) electrons. The zero-order valence-corrected chi connectivity index (χ0v) is 8.20. The monoisotopic (exact) mass is 207 g/mol. The number of carboxylic acid groups (broad SMARTS) is 1. The quantitative estimate of drug-likeness (QED) is 0.821. The van der Waals surface area contributed by atoms with Gasteiger partial charge in [0.05, 0.1) is 5.56 Å². The van der Waals surface area contributed by atoms with Gasteiger partial charge in [0.25, 0.3) is 0 Å². The standard InChI is InChI=1S/C11H10FNO2/c1-13-6-8(5-12)9-4-7(11(14)15)2-3-10(9)13/h2-4,6H,5H2,1H3,(H,14,15). The topological polar surface area (TPSA) is 42.2 Å². The van der Waals surface area contributed by atoms with Crippen LogP contribution in [-0.4, -0.2) is 15.6 Å². The first-order valence-electron chi connectivity index (χ1n) is 4.50. The number of aromatic carboxylic acids is 1. The zero-order valence-electron chi connectivity index (χ0n) is 8.20. The SMILES string of the molecule is Cn1cc(CF)c2cc(C(=O)O)ccc21. The van der Waals surface area contributed by atoms with Crippen LogP contribution < -0.4 is 0 Å². The Hall–Kier alpha value is -1.84. The van der Waals surface area contributed by atoms with E-state index < -0.39 is 12.6 Å². The molecule has 2 rings (SSSR count). The summed E-state index contributed by atoms with van der Waals surface area (Å²) >= 11 is 0. The smallest absolute Gasteiger partial charge is 0.335 e. The molecule has 0 saturated carbocycles. The number of aryl methyl sites for hydroxylation is 1. The lowest BCUT2D eigenvalue weighted by Gasteiger charge is -1.98. The average molecular weight is 207 g/mol. The van der Waals surface area contributed by atoms with E-state index in [1.54, 1.807) is 16.8 Å². The molecule has 0 saturated heterocycles. The Morgan fingerprint density at radius 1 is 1.53 bits per heavy atom. The summed E-state index contributed by atoms with van der Waals surface area (Å²) < 4.78 is 14.4. The van der Waals surface area contributed by atoms with E-state index in [0.717, 1.165) is 5.52 Å². The van der Waals surface area contributed by atoms with Gasteiger partial charge in [0, 0.05) is 29.7 Å². The van der Waals surface area contributed by atoms with Crippen LogP contribution in [0.15, 0.2) is 24.4 Å². The van der Waals surface area contributed by atoms with Crippen LogP contribution in [-0.2, 0) is 13.7 Å². The largest absolute Gasteiger partial charge is 0.478 e. The number of halogens is 1. The van der Waals surface area contributed by atoms with Crippen LogP contribution in [0.5, 0.6) is 0 Å². The van der Waals surface area contributed by atoms with E-state index in [1.165, 1.54) is 12.1 Å². The lowest BCUT2D eigenvalue weighted by atomic mass is 10.1. The number of benzene rings is 1. The van der Waals surface area contributed by atoms with Crippen molar-refractivity contribution >= 4 is 16.9 Å². The van der Waals surface area contributed by atoms with E-state index in [4.69, 9.17) is 5.11 Å². The van der Waals surface area contributed by atoms with Crippen LogP contribution in [0.4, 0.5) is 4.39 Å². The molecule has 0 aliphatic rings. The Bertz CT molecular complexity index is 531. The highest BCUT2D eigenvalue weighted by molar-refractivity contribution is 5.94. The minimum Gasteiger partial charge on any atom is -0.478 e. The van der Waals surface area contributed by atoms with E-state index in [9.17, 15) is 9.18 Å². The van der Waals surface area contributed by atoms with Gasteiger partial charge in [0.1, 0.15) is 6.67 Å². The molecule has 0 spiro atoms. The summed E-state index contributed by atoms with van der Waals surface area (Å²) in [4.78, 5) is 10.8. The van der Waals surface area contributed by atoms with Gasteiger partial charge in [-0.3, -0.25) is 0 Å². The summed E-state index contributed by atoms with van der Waals surface area (Å²) in [7, 11) is 1.81. The summed E-state index contributed by atoms with van der Waals surface area (Å²) in [6.07, 6.45) is 1.68. The Balaban J connectivity index is 2.73. The Morgan fingerprint density at radius 3 is 2.87 bits per heavy atom. The van der Waals surface area contributed by atoms with Crippen molar-refractivity contribution in [2.75, 3.05) is 0 Å². The minimum absolute atomic E-state index is 0.184. The second kappa shape index (κ2) is 3.38. The Kier molecular flexibility index (Phi) is 2.19. The third-order valence-electron chi connectivity index (χ3n) is 2.46. The van der Waals surface area contributed by atoms with Crippen LogP contribution in [0, 0.1) is 0 Å². The van der Waals surface area contributed by atoms with E-state index in [0.29, 0.717) is 10.9 Å². The highest BCUT2D eigenvalue weighted by Crippen LogP contribution is 2.22. The predicted molar refractivity (Wildman–Crippen MR) is 54.7 cm³/mol. The van der Waals surface area contributed by atoms with Crippen LogP contribution >= 0.6 is 0 Å². The number of aromatic nitrogens is 1. The van der Waals surface area contributed by atoms with E-state index in [-0.39, 0.29) is 5.56 Å². The maximum atomic E-state index is 12.6. The van der Waals surface area contributed by atoms with Crippen molar-refractivity contribution in [3.63, 3.8) is 0 Å². The maximum absolute atomic E-state index is 12.6. The molecular formula is C11H10FNO2. The molecule has 1 aromatic carbocycles. The number of alkyl halides is 1. The van der Waals surface area contributed by atoms with Crippen LogP contribution in [0.1, 0.15) is 15.9 Å². The van der Waals surface area contributed by atoms with E-state index in [2.05, 4.69) is 0 Å². The van der Waals surface area contributed by atoms with Gasteiger partial charge in [0.2, 0.25) is 0 Å². The fourth-order valence-electron chi connectivity index (χ4n) is 1.71. The molecule has 2 aromatic rings. The average Bonchev–Trinajstić information content (AvgIpc) is 2.55. The molecule has 0 unspecified atom stereocenters. The number of carboxylic acids is 1. The molecule has 15 heavy (non-hydrogen) atoms. The second-order valence-electron chi connectivity index (χ2n) is 3.44. The molecule has 0 fully saturated rings. The lowest BCUT2D eigenvalue weighted by molar-refractivity contribution is 0.0697. The van der Waals surface area contributed by atoms with Crippen molar-refractivity contribution in [3.8, 4) is 0 Å². The van der Waals surface area contributed by atoms with Gasteiger partial charge in [-0.05, 0) is 18.2 Å². The number of hydrogen-bond donors (Lipinski definition) is 1. The molecular weight excluding hydrogens is 197 g/mol. The first-order valence-corrected chi connectivity index (χ1v) is 4.50. The zero-order chi connectivity index (χ0) is 11.0. The molecule has 0 aliphatic carbocycles. The number of hydrogen-bond acceptors (Lipinski definition) is 1. The molecule has 1 aromatic heterocycles. The molecule has 1 N–H and O–H groups in total. The van der Waals surface area contributed by atoms with Crippen molar-refractivity contribution in [2.45, 2.75) is 6.67 Å². The fraction of sp³-hybridized carbons (Fsp3) is 0.182. The maximum Gasteiger partial charge on any atom is 0.335 e. The van der Waals surface area contributed by atoms with Crippen molar-refractivity contribution in [3.05, 3.63) is 35.5 Å². The summed E-state index contributed by atoms with van der Waals surface area (Å²) in [5.74, 6) is -0.995. The van der Waals surface area contributed by atoms with Crippen molar-refractivity contribution in [1.82, 2.24) is 4.57 Å². The summed E-state index contributed by atoms with van der Waals surface area (Å²) in [6, 6.07) is 4.72. The van der Waals surface area contributed by atoms with E-state index >= 15 is 0 Å². The van der Waals surface area contributed by atoms with Gasteiger partial charge >= 0.3 is 5.97 Å². The third-order valence-corrected chi connectivity index (χ3v) is 2.46. The first-order chi connectivity index (χ1) is 7.13. The third kappa shape index (κ3) is 1.48.